The summed E-state index contributed by atoms with van der Waals surface area (Å²) < 4.78 is 11.5. The van der Waals surface area contributed by atoms with Crippen LogP contribution in [0.1, 0.15) is 24.2 Å². The van der Waals surface area contributed by atoms with Crippen molar-refractivity contribution in [1.29, 1.82) is 0 Å². The quantitative estimate of drug-likeness (QED) is 0.810. The summed E-state index contributed by atoms with van der Waals surface area (Å²) in [6, 6.07) is 20.3. The fourth-order valence-corrected chi connectivity index (χ4v) is 2.17. The van der Waals surface area contributed by atoms with E-state index in [-0.39, 0.29) is 18.8 Å². The molecule has 1 atom stereocenters. The molecule has 0 bridgehead atoms. The molecule has 0 radical (unpaired) electrons. The summed E-state index contributed by atoms with van der Waals surface area (Å²) in [7, 11) is 0. The molecule has 3 heteroatoms. The van der Waals surface area contributed by atoms with Gasteiger partial charge in [-0.3, -0.25) is 0 Å². The number of aliphatic hydroxyl groups excluding tert-OH is 1. The lowest BCUT2D eigenvalue weighted by Crippen LogP contribution is -2.20. The number of rotatable bonds is 8. The maximum absolute atomic E-state index is 8.78. The van der Waals surface area contributed by atoms with Gasteiger partial charge in [-0.2, -0.15) is 0 Å². The molecule has 0 amide bonds. The minimum Gasteiger partial charge on any atom is -0.394 e. The zero-order valence-electron chi connectivity index (χ0n) is 12.3. The molecule has 0 aliphatic carbocycles. The molecule has 21 heavy (non-hydrogen) atoms. The predicted octanol–water partition coefficient (Wildman–Crippen LogP) is 3.19. The molecule has 0 spiro atoms. The van der Waals surface area contributed by atoms with Crippen molar-refractivity contribution in [3.8, 4) is 0 Å². The van der Waals surface area contributed by atoms with E-state index in [1.165, 1.54) is 0 Å². The highest BCUT2D eigenvalue weighted by molar-refractivity contribution is 5.29. The van der Waals surface area contributed by atoms with Crippen LogP contribution in [0.3, 0.4) is 0 Å². The van der Waals surface area contributed by atoms with Gasteiger partial charge in [0.2, 0.25) is 0 Å². The van der Waals surface area contributed by atoms with E-state index in [4.69, 9.17) is 14.6 Å². The van der Waals surface area contributed by atoms with Crippen molar-refractivity contribution in [3.63, 3.8) is 0 Å². The van der Waals surface area contributed by atoms with E-state index in [9.17, 15) is 0 Å². The highest BCUT2D eigenvalue weighted by Crippen LogP contribution is 2.25. The maximum atomic E-state index is 8.78. The fraction of sp³-hybridized carbons (Fsp3) is 0.333. The van der Waals surface area contributed by atoms with E-state index < -0.39 is 0 Å². The van der Waals surface area contributed by atoms with Crippen LogP contribution in [-0.4, -0.2) is 31.0 Å². The second-order valence-corrected chi connectivity index (χ2v) is 4.94. The lowest BCUT2D eigenvalue weighted by atomic mass is 10.0. The largest absolute Gasteiger partial charge is 0.394 e. The minimum absolute atomic E-state index is 0.0329. The summed E-state index contributed by atoms with van der Waals surface area (Å²) in [5.74, 6) is 0. The Hall–Kier alpha value is -1.68. The van der Waals surface area contributed by atoms with E-state index in [0.717, 1.165) is 11.1 Å². The van der Waals surface area contributed by atoms with Gasteiger partial charge in [-0.15, -0.1) is 0 Å². The van der Waals surface area contributed by atoms with Gasteiger partial charge in [-0.05, 0) is 18.1 Å². The van der Waals surface area contributed by atoms with E-state index >= 15 is 0 Å². The van der Waals surface area contributed by atoms with E-state index in [1.807, 2.05) is 43.3 Å². The van der Waals surface area contributed by atoms with Crippen molar-refractivity contribution in [3.05, 3.63) is 71.8 Å². The van der Waals surface area contributed by atoms with Gasteiger partial charge in [0.15, 0.2) is 0 Å². The molecule has 0 fully saturated rings. The van der Waals surface area contributed by atoms with Crippen molar-refractivity contribution >= 4 is 0 Å². The third-order valence-electron chi connectivity index (χ3n) is 3.20. The summed E-state index contributed by atoms with van der Waals surface area (Å²) in [5.41, 5.74) is 2.25. The van der Waals surface area contributed by atoms with Crippen LogP contribution in [0.4, 0.5) is 0 Å². The van der Waals surface area contributed by atoms with Gasteiger partial charge in [0.05, 0.1) is 25.9 Å². The Balaban J connectivity index is 2.07. The third-order valence-corrected chi connectivity index (χ3v) is 3.20. The van der Waals surface area contributed by atoms with Crippen LogP contribution in [0.15, 0.2) is 60.7 Å². The Morgan fingerprint density at radius 3 is 1.86 bits per heavy atom. The van der Waals surface area contributed by atoms with Gasteiger partial charge in [-0.25, -0.2) is 0 Å². The van der Waals surface area contributed by atoms with Crippen molar-refractivity contribution < 1.29 is 14.6 Å². The summed E-state index contributed by atoms with van der Waals surface area (Å²) in [6.45, 7) is 2.80. The van der Waals surface area contributed by atoms with E-state index in [0.29, 0.717) is 13.2 Å². The molecular weight excluding hydrogens is 264 g/mol. The monoisotopic (exact) mass is 286 g/mol. The van der Waals surface area contributed by atoms with Crippen LogP contribution in [0.25, 0.3) is 0 Å². The number of ether oxygens (including phenoxy) is 2. The molecule has 0 saturated carbocycles. The van der Waals surface area contributed by atoms with Crippen LogP contribution in [0.5, 0.6) is 0 Å². The van der Waals surface area contributed by atoms with Gasteiger partial charge >= 0.3 is 0 Å². The molecular formula is C18H22O3. The first-order valence-corrected chi connectivity index (χ1v) is 7.25. The summed E-state index contributed by atoms with van der Waals surface area (Å²) >= 11 is 0. The first kappa shape index (κ1) is 15.7. The standard InChI is InChI=1S/C18H22O3/c1-15(20-13-12-19)14-21-18(16-8-4-2-5-9-16)17-10-6-3-7-11-17/h2-11,15,18-19H,12-14H2,1H3. The van der Waals surface area contributed by atoms with Gasteiger partial charge in [0.25, 0.3) is 0 Å². The highest BCUT2D eigenvalue weighted by atomic mass is 16.5. The van der Waals surface area contributed by atoms with Crippen molar-refractivity contribution in [2.45, 2.75) is 19.1 Å². The second-order valence-electron chi connectivity index (χ2n) is 4.94. The SMILES string of the molecule is CC(COC(c1ccccc1)c1ccccc1)OCCO. The van der Waals surface area contributed by atoms with Gasteiger partial charge < -0.3 is 14.6 Å². The molecule has 112 valence electrons. The topological polar surface area (TPSA) is 38.7 Å². The Morgan fingerprint density at radius 2 is 1.38 bits per heavy atom. The Labute approximate surface area is 126 Å². The summed E-state index contributed by atoms with van der Waals surface area (Å²) in [5, 5.41) is 8.78. The molecule has 1 N–H and O–H groups in total. The molecule has 3 nitrogen and oxygen atoms in total. The van der Waals surface area contributed by atoms with Crippen molar-refractivity contribution in [1.82, 2.24) is 0 Å². The smallest absolute Gasteiger partial charge is 0.108 e. The zero-order valence-corrected chi connectivity index (χ0v) is 12.3. The summed E-state index contributed by atoms with van der Waals surface area (Å²) in [4.78, 5) is 0. The van der Waals surface area contributed by atoms with Crippen LogP contribution < -0.4 is 0 Å². The second kappa shape index (κ2) is 8.57. The molecule has 0 aliphatic rings. The molecule has 1 unspecified atom stereocenters. The zero-order chi connectivity index (χ0) is 14.9. The van der Waals surface area contributed by atoms with Crippen LogP contribution in [0, 0.1) is 0 Å². The maximum Gasteiger partial charge on any atom is 0.108 e. The molecule has 0 heterocycles. The van der Waals surface area contributed by atoms with E-state index in [2.05, 4.69) is 24.3 Å². The molecule has 2 aromatic carbocycles. The number of benzene rings is 2. The lowest BCUT2D eigenvalue weighted by molar-refractivity contribution is -0.0351. The van der Waals surface area contributed by atoms with Crippen molar-refractivity contribution in [2.75, 3.05) is 19.8 Å². The lowest BCUT2D eigenvalue weighted by Gasteiger charge is -2.21. The first-order chi connectivity index (χ1) is 10.3. The van der Waals surface area contributed by atoms with Gasteiger partial charge in [0, 0.05) is 0 Å². The summed E-state index contributed by atoms with van der Waals surface area (Å²) in [6.07, 6.45) is -0.153. The first-order valence-electron chi connectivity index (χ1n) is 7.25. The Morgan fingerprint density at radius 1 is 0.857 bits per heavy atom. The van der Waals surface area contributed by atoms with Crippen LogP contribution >= 0.6 is 0 Å². The molecule has 0 aliphatic heterocycles. The highest BCUT2D eigenvalue weighted by Gasteiger charge is 2.15. The fourth-order valence-electron chi connectivity index (χ4n) is 2.17. The van der Waals surface area contributed by atoms with Gasteiger partial charge in [0.1, 0.15) is 6.10 Å². The average Bonchev–Trinajstić information content (AvgIpc) is 2.55. The predicted molar refractivity (Wildman–Crippen MR) is 83.2 cm³/mol. The van der Waals surface area contributed by atoms with E-state index in [1.54, 1.807) is 0 Å². The van der Waals surface area contributed by atoms with Crippen LogP contribution in [0.2, 0.25) is 0 Å². The van der Waals surface area contributed by atoms with Crippen LogP contribution in [-0.2, 0) is 9.47 Å². The number of hydrogen-bond acceptors (Lipinski definition) is 3. The molecule has 2 aromatic rings. The Bertz CT molecular complexity index is 459. The average molecular weight is 286 g/mol. The molecule has 0 saturated heterocycles. The molecule has 0 aromatic heterocycles. The number of hydrogen-bond donors (Lipinski definition) is 1. The number of aliphatic hydroxyl groups is 1. The third kappa shape index (κ3) is 4.97. The molecule has 2 rings (SSSR count). The van der Waals surface area contributed by atoms with Crippen molar-refractivity contribution in [2.24, 2.45) is 0 Å². The van der Waals surface area contributed by atoms with Gasteiger partial charge in [-0.1, -0.05) is 60.7 Å². The Kier molecular flexibility index (Phi) is 6.41. The minimum atomic E-state index is -0.104. The normalized spacial score (nSPS) is 12.5.